The molecule has 3 aromatic carbocycles. The summed E-state index contributed by atoms with van der Waals surface area (Å²) >= 11 is 5.85. The molecule has 8 heteroatoms. The summed E-state index contributed by atoms with van der Waals surface area (Å²) in [4.78, 5) is 39.1. The first-order chi connectivity index (χ1) is 17.8. The minimum Gasteiger partial charge on any atom is -0.484 e. The number of benzene rings is 3. The molecule has 1 aliphatic rings. The Hall–Kier alpha value is -3.84. The molecule has 192 valence electrons. The van der Waals surface area contributed by atoms with Crippen molar-refractivity contribution in [2.24, 2.45) is 5.92 Å². The molecule has 3 amide bonds. The van der Waals surface area contributed by atoms with E-state index in [1.807, 2.05) is 12.1 Å². The van der Waals surface area contributed by atoms with Crippen molar-refractivity contribution in [2.45, 2.75) is 32.7 Å². The Morgan fingerprint density at radius 3 is 2.32 bits per heavy atom. The van der Waals surface area contributed by atoms with Crippen LogP contribution in [0, 0.1) is 5.92 Å². The van der Waals surface area contributed by atoms with E-state index in [0.717, 1.165) is 5.56 Å². The molecule has 1 saturated heterocycles. The highest BCUT2D eigenvalue weighted by Gasteiger charge is 2.35. The summed E-state index contributed by atoms with van der Waals surface area (Å²) in [6.07, 6.45) is 0.168. The number of nitrogens with zero attached hydrogens (tertiary/aromatic N) is 1. The summed E-state index contributed by atoms with van der Waals surface area (Å²) in [5, 5.41) is 6.28. The summed E-state index contributed by atoms with van der Waals surface area (Å²) in [7, 11) is 0. The van der Waals surface area contributed by atoms with Crippen LogP contribution in [0.3, 0.4) is 0 Å². The van der Waals surface area contributed by atoms with Crippen molar-refractivity contribution in [1.29, 1.82) is 0 Å². The van der Waals surface area contributed by atoms with Gasteiger partial charge in [-0.25, -0.2) is 0 Å². The smallest absolute Gasteiger partial charge is 0.262 e. The maximum atomic E-state index is 12.7. The van der Waals surface area contributed by atoms with Crippen LogP contribution in [0.25, 0.3) is 0 Å². The number of halogens is 1. The summed E-state index contributed by atoms with van der Waals surface area (Å²) in [5.41, 5.74) is 3.59. The van der Waals surface area contributed by atoms with Gasteiger partial charge in [0.25, 0.3) is 5.91 Å². The van der Waals surface area contributed by atoms with Crippen LogP contribution in [0.15, 0.2) is 72.8 Å². The van der Waals surface area contributed by atoms with E-state index in [9.17, 15) is 14.4 Å². The van der Waals surface area contributed by atoms with Gasteiger partial charge in [-0.3, -0.25) is 14.4 Å². The third kappa shape index (κ3) is 7.11. The number of amides is 3. The molecule has 0 spiro atoms. The molecule has 2 N–H and O–H groups in total. The quantitative estimate of drug-likeness (QED) is 0.409. The second kappa shape index (κ2) is 11.9. The summed E-state index contributed by atoms with van der Waals surface area (Å²) in [6.45, 7) is 4.87. The van der Waals surface area contributed by atoms with Gasteiger partial charge in [-0.1, -0.05) is 49.7 Å². The summed E-state index contributed by atoms with van der Waals surface area (Å²) < 4.78 is 5.56. The first-order valence-corrected chi connectivity index (χ1v) is 12.6. The van der Waals surface area contributed by atoms with E-state index in [4.69, 9.17) is 16.3 Å². The lowest BCUT2D eigenvalue weighted by molar-refractivity contribution is -0.126. The number of rotatable bonds is 9. The van der Waals surface area contributed by atoms with Crippen molar-refractivity contribution in [3.05, 3.63) is 88.9 Å². The maximum absolute atomic E-state index is 12.7. The zero-order chi connectivity index (χ0) is 26.4. The van der Waals surface area contributed by atoms with Crippen LogP contribution in [0.1, 0.15) is 37.3 Å². The lowest BCUT2D eigenvalue weighted by Crippen LogP contribution is -2.32. The second-order valence-electron chi connectivity index (χ2n) is 9.36. The summed E-state index contributed by atoms with van der Waals surface area (Å²) in [5.74, 6) is 0.0208. The fourth-order valence-electron chi connectivity index (χ4n) is 4.09. The van der Waals surface area contributed by atoms with Crippen molar-refractivity contribution >= 4 is 40.7 Å². The monoisotopic (exact) mass is 519 g/mol. The Labute approximate surface area is 221 Å². The predicted molar refractivity (Wildman–Crippen MR) is 145 cm³/mol. The molecule has 1 fully saturated rings. The topological polar surface area (TPSA) is 87.7 Å². The van der Waals surface area contributed by atoms with Gasteiger partial charge >= 0.3 is 0 Å². The molecular weight excluding hydrogens is 490 g/mol. The van der Waals surface area contributed by atoms with Crippen LogP contribution >= 0.6 is 11.6 Å². The van der Waals surface area contributed by atoms with E-state index >= 15 is 0 Å². The molecule has 1 heterocycles. The lowest BCUT2D eigenvalue weighted by atomic mass is 10.0. The van der Waals surface area contributed by atoms with Gasteiger partial charge in [0.05, 0.1) is 5.92 Å². The van der Waals surface area contributed by atoms with Crippen molar-refractivity contribution < 1.29 is 19.1 Å². The van der Waals surface area contributed by atoms with Gasteiger partial charge in [-0.05, 0) is 65.6 Å². The van der Waals surface area contributed by atoms with Gasteiger partial charge in [0.15, 0.2) is 6.61 Å². The average molecular weight is 520 g/mol. The summed E-state index contributed by atoms with van der Waals surface area (Å²) in [6, 6.07) is 21.9. The van der Waals surface area contributed by atoms with Crippen molar-refractivity contribution in [2.75, 3.05) is 23.4 Å². The molecule has 0 bridgehead atoms. The number of hydrogen-bond donors (Lipinski definition) is 2. The fraction of sp³-hybridized carbons (Fsp3) is 0.276. The normalized spacial score (nSPS) is 15.1. The number of hydrogen-bond acceptors (Lipinski definition) is 4. The minimum absolute atomic E-state index is 0.0996. The molecular formula is C29H30ClN3O4. The molecule has 1 atom stereocenters. The lowest BCUT2D eigenvalue weighted by Gasteiger charge is -2.17. The van der Waals surface area contributed by atoms with Gasteiger partial charge in [0, 0.05) is 35.9 Å². The average Bonchev–Trinajstić information content (AvgIpc) is 3.29. The minimum atomic E-state index is -0.407. The predicted octanol–water partition coefficient (Wildman–Crippen LogP) is 5.15. The molecule has 0 unspecified atom stereocenters. The van der Waals surface area contributed by atoms with E-state index in [2.05, 4.69) is 36.6 Å². The van der Waals surface area contributed by atoms with Crippen LogP contribution < -0.4 is 20.3 Å². The fourth-order valence-corrected chi connectivity index (χ4v) is 4.21. The first kappa shape index (κ1) is 26.2. The van der Waals surface area contributed by atoms with Crippen LogP contribution in [0.5, 0.6) is 5.75 Å². The maximum Gasteiger partial charge on any atom is 0.262 e. The molecule has 3 aromatic rings. The Balaban J connectivity index is 1.25. The van der Waals surface area contributed by atoms with Crippen molar-refractivity contribution in [3.63, 3.8) is 0 Å². The molecule has 1 aliphatic heterocycles. The first-order valence-electron chi connectivity index (χ1n) is 12.2. The number of carbonyl (C=O) groups is 3. The molecule has 4 rings (SSSR count). The molecule has 37 heavy (non-hydrogen) atoms. The molecule has 0 aromatic heterocycles. The van der Waals surface area contributed by atoms with Crippen LogP contribution in [-0.4, -0.2) is 30.9 Å². The van der Waals surface area contributed by atoms with Crippen LogP contribution in [0.2, 0.25) is 5.02 Å². The van der Waals surface area contributed by atoms with E-state index in [0.29, 0.717) is 41.2 Å². The van der Waals surface area contributed by atoms with Gasteiger partial charge in [-0.2, -0.15) is 0 Å². The van der Waals surface area contributed by atoms with Crippen molar-refractivity contribution in [3.8, 4) is 5.75 Å². The van der Waals surface area contributed by atoms with Gasteiger partial charge in [0.2, 0.25) is 11.8 Å². The standard InChI is InChI=1S/C29H30ClN3O4/c1-19(2)21-5-3-20(4-6-21)16-31-29(36)22-15-28(35)33(17-22)25-11-13-26(14-12-25)37-18-27(34)32-24-9-7-23(30)8-10-24/h3-14,19,22H,15-18H2,1-2H3,(H,31,36)(H,32,34)/t22-/m0/s1. The molecule has 0 radical (unpaired) electrons. The Kier molecular flexibility index (Phi) is 8.46. The van der Waals surface area contributed by atoms with E-state index in [1.165, 1.54) is 5.56 Å². The largest absolute Gasteiger partial charge is 0.484 e. The van der Waals surface area contributed by atoms with E-state index in [1.54, 1.807) is 53.4 Å². The number of nitrogens with one attached hydrogen (secondary N) is 2. The molecule has 0 aliphatic carbocycles. The second-order valence-corrected chi connectivity index (χ2v) is 9.79. The Morgan fingerprint density at radius 2 is 1.68 bits per heavy atom. The number of anilines is 2. The van der Waals surface area contributed by atoms with Crippen molar-refractivity contribution in [1.82, 2.24) is 5.32 Å². The molecule has 7 nitrogen and oxygen atoms in total. The van der Waals surface area contributed by atoms with E-state index < -0.39 is 5.92 Å². The highest BCUT2D eigenvalue weighted by molar-refractivity contribution is 6.30. The third-order valence-electron chi connectivity index (χ3n) is 6.26. The van der Waals surface area contributed by atoms with Gasteiger partial charge < -0.3 is 20.3 Å². The van der Waals surface area contributed by atoms with Crippen LogP contribution in [-0.2, 0) is 20.9 Å². The van der Waals surface area contributed by atoms with Gasteiger partial charge in [0.1, 0.15) is 5.75 Å². The highest BCUT2D eigenvalue weighted by atomic mass is 35.5. The number of ether oxygens (including phenoxy) is 1. The Morgan fingerprint density at radius 1 is 1.00 bits per heavy atom. The highest BCUT2D eigenvalue weighted by Crippen LogP contribution is 2.27. The van der Waals surface area contributed by atoms with Gasteiger partial charge in [-0.15, -0.1) is 0 Å². The number of carbonyl (C=O) groups excluding carboxylic acids is 3. The zero-order valence-electron chi connectivity index (χ0n) is 20.9. The van der Waals surface area contributed by atoms with E-state index in [-0.39, 0.29) is 30.7 Å². The third-order valence-corrected chi connectivity index (χ3v) is 6.51. The zero-order valence-corrected chi connectivity index (χ0v) is 21.6. The Bertz CT molecular complexity index is 1240. The molecule has 0 saturated carbocycles. The van der Waals surface area contributed by atoms with Crippen LogP contribution in [0.4, 0.5) is 11.4 Å². The SMILES string of the molecule is CC(C)c1ccc(CNC(=O)[C@H]2CC(=O)N(c3ccc(OCC(=O)Nc4ccc(Cl)cc4)cc3)C2)cc1.